The second-order valence-electron chi connectivity index (χ2n) is 6.72. The number of aromatic hydroxyl groups is 1. The quantitative estimate of drug-likeness (QED) is 0.490. The fourth-order valence-corrected chi connectivity index (χ4v) is 2.80. The van der Waals surface area contributed by atoms with Gasteiger partial charge in [0.05, 0.1) is 6.54 Å². The van der Waals surface area contributed by atoms with E-state index in [0.29, 0.717) is 28.0 Å². The number of rotatable bonds is 6. The van der Waals surface area contributed by atoms with Crippen molar-refractivity contribution in [1.29, 1.82) is 0 Å². The van der Waals surface area contributed by atoms with Crippen LogP contribution in [0.15, 0.2) is 65.1 Å². The minimum Gasteiger partial charge on any atom is -0.803 e. The number of hydrogen-bond acceptors (Lipinski definition) is 3. The van der Waals surface area contributed by atoms with E-state index in [4.69, 9.17) is 10.2 Å². The second kappa shape index (κ2) is 10.4. The molecule has 0 atom stereocenters. The monoisotopic (exact) mass is 476 g/mol. The van der Waals surface area contributed by atoms with Gasteiger partial charge in [-0.2, -0.15) is 5.71 Å². The molecule has 1 aromatic heterocycles. The van der Waals surface area contributed by atoms with Gasteiger partial charge in [-0.3, -0.25) is 4.79 Å². The molecule has 3 aromatic rings. The molecule has 151 valence electrons. The second-order valence-corrected chi connectivity index (χ2v) is 6.72. The Morgan fingerprint density at radius 1 is 1.10 bits per heavy atom. The fourth-order valence-electron chi connectivity index (χ4n) is 2.80. The summed E-state index contributed by atoms with van der Waals surface area (Å²) in [7, 11) is 0. The van der Waals surface area contributed by atoms with E-state index >= 15 is 0 Å². The topological polar surface area (TPSA) is 109 Å². The average Bonchev–Trinajstić information content (AvgIpc) is 3.13. The summed E-state index contributed by atoms with van der Waals surface area (Å²) < 4.78 is 5.43. The zero-order chi connectivity index (χ0) is 21.0. The van der Waals surface area contributed by atoms with Gasteiger partial charge in [0, 0.05) is 38.3 Å². The van der Waals surface area contributed by atoms with E-state index in [1.165, 1.54) is 12.1 Å². The van der Waals surface area contributed by atoms with Gasteiger partial charge in [0.25, 0.3) is 5.91 Å². The van der Waals surface area contributed by atoms with Gasteiger partial charge in [0.1, 0.15) is 17.3 Å². The van der Waals surface area contributed by atoms with Gasteiger partial charge < -0.3 is 26.0 Å². The van der Waals surface area contributed by atoms with Crippen LogP contribution in [0.2, 0.25) is 0 Å². The first-order chi connectivity index (χ1) is 13.8. The third kappa shape index (κ3) is 5.91. The molecule has 0 fully saturated rings. The summed E-state index contributed by atoms with van der Waals surface area (Å²) in [4.78, 5) is 12.4. The van der Waals surface area contributed by atoms with Crippen LogP contribution in [0.5, 0.6) is 5.75 Å². The number of furan rings is 1. The molecule has 1 amide bonds. The summed E-state index contributed by atoms with van der Waals surface area (Å²) in [5, 5.41) is 22.7. The first-order valence-electron chi connectivity index (χ1n) is 9.06. The molecule has 1 radical (unpaired) electrons. The molecule has 3 N–H and O–H groups in total. The smallest absolute Gasteiger partial charge is 0.251 e. The van der Waals surface area contributed by atoms with E-state index in [1.54, 1.807) is 49.4 Å². The number of aryl methyl sites for hydroxylation is 2. The molecule has 1 heterocycles. The zero-order valence-corrected chi connectivity index (χ0v) is 19.6. The maximum absolute atomic E-state index is 12.4. The van der Waals surface area contributed by atoms with Crippen LogP contribution < -0.4 is 5.32 Å². The summed E-state index contributed by atoms with van der Waals surface area (Å²) in [6.45, 7) is 3.83. The number of amides is 1. The number of allylic oxidation sites excluding steroid dienone is 1. The molecular formula is C23H21N3O3Y-2. The fraction of sp³-hybridized carbons (Fsp3) is 0.130. The van der Waals surface area contributed by atoms with Crippen molar-refractivity contribution in [3.63, 3.8) is 0 Å². The third-order valence-electron chi connectivity index (χ3n) is 4.43. The first-order valence-corrected chi connectivity index (χ1v) is 9.06. The Balaban J connectivity index is 0.00000320. The maximum atomic E-state index is 12.4. The number of carbonyl (C=O) groups is 1. The molecule has 0 saturated carbocycles. The molecule has 3 rings (SSSR count). The van der Waals surface area contributed by atoms with Gasteiger partial charge in [-0.15, -0.1) is 5.70 Å². The van der Waals surface area contributed by atoms with Gasteiger partial charge in [-0.1, -0.05) is 24.3 Å². The first kappa shape index (κ1) is 23.6. The summed E-state index contributed by atoms with van der Waals surface area (Å²) in [5.74, 6) is 1.30. The molecule has 7 heteroatoms. The van der Waals surface area contributed by atoms with Gasteiger partial charge in [0.15, 0.2) is 0 Å². The van der Waals surface area contributed by atoms with E-state index in [1.807, 2.05) is 13.0 Å². The normalized spacial score (nSPS) is 10.9. The van der Waals surface area contributed by atoms with Crippen LogP contribution in [-0.4, -0.2) is 16.7 Å². The van der Waals surface area contributed by atoms with Crippen LogP contribution >= 0.6 is 0 Å². The number of benzene rings is 2. The van der Waals surface area contributed by atoms with Crippen LogP contribution in [-0.2, 0) is 39.3 Å². The number of phenolic OH excluding ortho intramolecular Hbond substituents is 1. The Kier molecular flexibility index (Phi) is 8.15. The van der Waals surface area contributed by atoms with Crippen molar-refractivity contribution in [2.75, 3.05) is 0 Å². The van der Waals surface area contributed by atoms with Crippen molar-refractivity contribution < 1.29 is 47.0 Å². The zero-order valence-electron chi connectivity index (χ0n) is 16.8. The van der Waals surface area contributed by atoms with Crippen molar-refractivity contribution in [3.8, 4) is 5.75 Å². The third-order valence-corrected chi connectivity index (χ3v) is 4.43. The Bertz CT molecular complexity index is 1100. The van der Waals surface area contributed by atoms with Gasteiger partial charge in [0.2, 0.25) is 0 Å². The minimum atomic E-state index is -0.281. The molecule has 0 aliphatic rings. The predicted octanol–water partition coefficient (Wildman–Crippen LogP) is 4.98. The van der Waals surface area contributed by atoms with E-state index in [2.05, 4.69) is 5.32 Å². The van der Waals surface area contributed by atoms with Gasteiger partial charge >= 0.3 is 0 Å². The Morgan fingerprint density at radius 2 is 1.83 bits per heavy atom. The van der Waals surface area contributed by atoms with Crippen molar-refractivity contribution in [2.24, 2.45) is 0 Å². The van der Waals surface area contributed by atoms with Crippen LogP contribution in [0.3, 0.4) is 0 Å². The van der Waals surface area contributed by atoms with Gasteiger partial charge in [-0.05, 0) is 66.9 Å². The molecule has 0 unspecified atom stereocenters. The molecule has 0 aliphatic carbocycles. The molecule has 30 heavy (non-hydrogen) atoms. The van der Waals surface area contributed by atoms with Crippen molar-refractivity contribution in [2.45, 2.75) is 20.4 Å². The predicted molar refractivity (Wildman–Crippen MR) is 114 cm³/mol. The molecule has 0 spiro atoms. The van der Waals surface area contributed by atoms with Crippen molar-refractivity contribution >= 4 is 17.3 Å². The summed E-state index contributed by atoms with van der Waals surface area (Å²) in [6, 6.07) is 15.0. The minimum absolute atomic E-state index is 0. The standard InChI is InChI=1S/C23H22N3O3.Y/c1-14-10-17(7-9-22(14)27)21(25)12-20(24)16-4-3-5-18(11-16)23(28)26-13-19-8-6-15(2)29-19;/h3-12H,13H2,1-2H3,(H4-,24,25,26,27,28);/q-1;/p-1. The molecule has 0 aliphatic heterocycles. The molecular weight excluding hydrogens is 455 g/mol. The molecule has 6 nitrogen and oxygen atoms in total. The maximum Gasteiger partial charge on any atom is 0.251 e. The summed E-state index contributed by atoms with van der Waals surface area (Å²) in [6.07, 6.45) is 1.31. The van der Waals surface area contributed by atoms with Crippen LogP contribution in [0.25, 0.3) is 16.8 Å². The SMILES string of the molecule is Cc1ccc(CNC(=O)c2cccc(/C([NH-])=C/C(=[N-])c3ccc(O)c(C)c3)c2)o1.[Y]. The number of hydrogen-bond donors (Lipinski definition) is 2. The summed E-state index contributed by atoms with van der Waals surface area (Å²) >= 11 is 0. The van der Waals surface area contributed by atoms with E-state index < -0.39 is 0 Å². The Hall–Kier alpha value is -2.70. The van der Waals surface area contributed by atoms with Crippen LogP contribution in [0.1, 0.15) is 38.6 Å². The number of phenols is 1. The van der Waals surface area contributed by atoms with Crippen LogP contribution in [0.4, 0.5) is 0 Å². The van der Waals surface area contributed by atoms with Crippen molar-refractivity contribution in [3.05, 3.63) is 106 Å². The number of carbonyl (C=O) groups excluding carboxylic acids is 1. The number of nitrogens with one attached hydrogen (secondary N) is 2. The largest absolute Gasteiger partial charge is 0.803 e. The van der Waals surface area contributed by atoms with E-state index in [-0.39, 0.29) is 62.3 Å². The summed E-state index contributed by atoms with van der Waals surface area (Å²) in [5.41, 5.74) is 10.2. The molecule has 0 saturated heterocycles. The number of nitrogens with zero attached hydrogens (tertiary/aromatic N) is 1. The molecule has 2 aromatic carbocycles. The van der Waals surface area contributed by atoms with Crippen molar-refractivity contribution in [1.82, 2.24) is 5.32 Å². The van der Waals surface area contributed by atoms with E-state index in [9.17, 15) is 15.3 Å². The van der Waals surface area contributed by atoms with Crippen LogP contribution in [0, 0.1) is 13.8 Å². The molecule has 0 bridgehead atoms. The van der Waals surface area contributed by atoms with Gasteiger partial charge in [-0.25, -0.2) is 0 Å². The Morgan fingerprint density at radius 3 is 2.50 bits per heavy atom. The Labute approximate surface area is 200 Å². The average molecular weight is 476 g/mol. The van der Waals surface area contributed by atoms with E-state index in [0.717, 1.165) is 5.76 Å².